The maximum absolute atomic E-state index is 13.9. The summed E-state index contributed by atoms with van der Waals surface area (Å²) in [6.45, 7) is 7.97. The van der Waals surface area contributed by atoms with Gasteiger partial charge in [-0.15, -0.1) is 0 Å². The average Bonchev–Trinajstić information content (AvgIpc) is 2.76. The number of alkyl halides is 1. The molecule has 0 bridgehead atoms. The molecule has 1 aromatic rings. The van der Waals surface area contributed by atoms with E-state index in [4.69, 9.17) is 9.47 Å². The minimum Gasteiger partial charge on any atom is -0.444 e. The van der Waals surface area contributed by atoms with Crippen molar-refractivity contribution in [2.75, 3.05) is 12.9 Å². The van der Waals surface area contributed by atoms with Crippen molar-refractivity contribution in [3.63, 3.8) is 0 Å². The van der Waals surface area contributed by atoms with Crippen LogP contribution < -0.4 is 0 Å². The van der Waals surface area contributed by atoms with Crippen LogP contribution >= 0.6 is 0 Å². The summed E-state index contributed by atoms with van der Waals surface area (Å²) in [4.78, 5) is 14.6. The molecule has 0 N–H and O–H groups in total. The number of hydrogen-bond acceptors (Lipinski definition) is 4. The normalized spacial score (nSPS) is 24.2. The minimum atomic E-state index is -1.09. The predicted molar refractivity (Wildman–Crippen MR) is 94.5 cm³/mol. The standard InChI is InChI=1S/C18H26FNO4S/c1-17(2,3)24-16(21)20-14(11-19)15(23-18(20,4)5)12-7-9-13(10-8-12)25(6)22/h7-10,14-15H,11H2,1-6H3. The number of rotatable bonds is 3. The van der Waals surface area contributed by atoms with E-state index in [2.05, 4.69) is 0 Å². The Labute approximate surface area is 150 Å². The lowest BCUT2D eigenvalue weighted by Crippen LogP contribution is -2.50. The molecule has 0 saturated carbocycles. The molecule has 1 aliphatic rings. The zero-order valence-corrected chi connectivity index (χ0v) is 16.4. The van der Waals surface area contributed by atoms with Crippen molar-refractivity contribution >= 4 is 16.9 Å². The SMILES string of the molecule is CS(=O)c1ccc(C2OC(C)(C)N(C(=O)OC(C)(C)C)C2CF)cc1. The van der Waals surface area contributed by atoms with Crippen LogP contribution in [0.25, 0.3) is 0 Å². The highest BCUT2D eigenvalue weighted by atomic mass is 32.2. The van der Waals surface area contributed by atoms with Gasteiger partial charge in [-0.25, -0.2) is 9.18 Å². The average molecular weight is 371 g/mol. The van der Waals surface area contributed by atoms with Gasteiger partial charge in [0.2, 0.25) is 0 Å². The number of halogens is 1. The Balaban J connectivity index is 2.32. The van der Waals surface area contributed by atoms with Gasteiger partial charge >= 0.3 is 6.09 Å². The Bertz CT molecular complexity index is 654. The van der Waals surface area contributed by atoms with Crippen LogP contribution in [0.5, 0.6) is 0 Å². The maximum Gasteiger partial charge on any atom is 0.413 e. The first kappa shape index (κ1) is 19.8. The van der Waals surface area contributed by atoms with E-state index in [1.165, 1.54) is 4.90 Å². The lowest BCUT2D eigenvalue weighted by atomic mass is 10.0. The molecule has 5 nitrogen and oxygen atoms in total. The van der Waals surface area contributed by atoms with Gasteiger partial charge in [0, 0.05) is 22.0 Å². The third-order valence-electron chi connectivity index (χ3n) is 3.97. The molecule has 3 atom stereocenters. The van der Waals surface area contributed by atoms with Crippen molar-refractivity contribution in [2.24, 2.45) is 0 Å². The second kappa shape index (κ2) is 7.03. The molecule has 1 aliphatic heterocycles. The smallest absolute Gasteiger partial charge is 0.413 e. The van der Waals surface area contributed by atoms with Crippen LogP contribution in [0, 0.1) is 0 Å². The fraction of sp³-hybridized carbons (Fsp3) is 0.611. The van der Waals surface area contributed by atoms with Crippen LogP contribution in [-0.2, 0) is 20.3 Å². The molecule has 7 heteroatoms. The summed E-state index contributed by atoms with van der Waals surface area (Å²) in [5, 5.41) is 0. The molecule has 2 rings (SSSR count). The largest absolute Gasteiger partial charge is 0.444 e. The van der Waals surface area contributed by atoms with Gasteiger partial charge in [-0.2, -0.15) is 0 Å². The van der Waals surface area contributed by atoms with E-state index in [0.29, 0.717) is 4.90 Å². The van der Waals surface area contributed by atoms with Gasteiger partial charge in [0.1, 0.15) is 24.1 Å². The second-order valence-electron chi connectivity index (χ2n) is 7.58. The molecule has 1 aromatic carbocycles. The highest BCUT2D eigenvalue weighted by molar-refractivity contribution is 7.84. The van der Waals surface area contributed by atoms with Gasteiger partial charge in [-0.05, 0) is 52.3 Å². The molecule has 0 aliphatic carbocycles. The molecule has 25 heavy (non-hydrogen) atoms. The first-order valence-corrected chi connectivity index (χ1v) is 9.71. The molecule has 3 unspecified atom stereocenters. The molecular weight excluding hydrogens is 345 g/mol. The van der Waals surface area contributed by atoms with E-state index in [0.717, 1.165) is 5.56 Å². The van der Waals surface area contributed by atoms with E-state index in [9.17, 15) is 13.4 Å². The van der Waals surface area contributed by atoms with Gasteiger partial charge in [-0.1, -0.05) is 12.1 Å². The van der Waals surface area contributed by atoms with Crippen LogP contribution in [0.15, 0.2) is 29.2 Å². The highest BCUT2D eigenvalue weighted by Gasteiger charge is 2.51. The maximum atomic E-state index is 13.9. The first-order chi connectivity index (χ1) is 11.5. The summed E-state index contributed by atoms with van der Waals surface area (Å²) in [6.07, 6.45) is 0.375. The van der Waals surface area contributed by atoms with Crippen LogP contribution in [0.3, 0.4) is 0 Å². The van der Waals surface area contributed by atoms with Crippen LogP contribution in [0.4, 0.5) is 9.18 Å². The lowest BCUT2D eigenvalue weighted by molar-refractivity contribution is -0.0797. The molecule has 0 spiro atoms. The van der Waals surface area contributed by atoms with Crippen LogP contribution in [0.1, 0.15) is 46.3 Å². The quantitative estimate of drug-likeness (QED) is 0.811. The fourth-order valence-corrected chi connectivity index (χ4v) is 3.46. The molecular formula is C18H26FNO4S. The Morgan fingerprint density at radius 1 is 1.32 bits per heavy atom. The van der Waals surface area contributed by atoms with Crippen molar-refractivity contribution in [3.8, 4) is 0 Å². The summed E-state index contributed by atoms with van der Waals surface area (Å²) in [7, 11) is -1.09. The van der Waals surface area contributed by atoms with E-state index in [1.54, 1.807) is 65.1 Å². The molecule has 1 amide bonds. The topological polar surface area (TPSA) is 55.8 Å². The number of carbonyl (C=O) groups excluding carboxylic acids is 1. The number of benzene rings is 1. The molecule has 0 radical (unpaired) electrons. The number of ether oxygens (including phenoxy) is 2. The molecule has 1 fully saturated rings. The Morgan fingerprint density at radius 2 is 1.88 bits per heavy atom. The molecule has 1 heterocycles. The molecule has 0 aromatic heterocycles. The third-order valence-corrected chi connectivity index (χ3v) is 4.90. The fourth-order valence-electron chi connectivity index (χ4n) is 2.94. The number of carbonyl (C=O) groups is 1. The Hall–Kier alpha value is -1.47. The molecule has 1 saturated heterocycles. The summed E-state index contributed by atoms with van der Waals surface area (Å²) >= 11 is 0. The van der Waals surface area contributed by atoms with Crippen molar-refractivity contribution < 1.29 is 22.9 Å². The van der Waals surface area contributed by atoms with Crippen molar-refractivity contribution in [1.29, 1.82) is 0 Å². The summed E-state index contributed by atoms with van der Waals surface area (Å²) in [5.41, 5.74) is -0.953. The third kappa shape index (κ3) is 4.39. The Kier molecular flexibility index (Phi) is 5.59. The van der Waals surface area contributed by atoms with Crippen LogP contribution in [-0.4, -0.2) is 45.5 Å². The van der Waals surface area contributed by atoms with Crippen molar-refractivity contribution in [1.82, 2.24) is 4.90 Å². The summed E-state index contributed by atoms with van der Waals surface area (Å²) in [5.74, 6) is 0. The van der Waals surface area contributed by atoms with Gasteiger partial charge in [-0.3, -0.25) is 9.11 Å². The summed E-state index contributed by atoms with van der Waals surface area (Å²) < 4.78 is 36.8. The van der Waals surface area contributed by atoms with Crippen LogP contribution in [0.2, 0.25) is 0 Å². The Morgan fingerprint density at radius 3 is 2.32 bits per heavy atom. The van der Waals surface area contributed by atoms with Gasteiger partial charge < -0.3 is 9.47 Å². The minimum absolute atomic E-state index is 0.603. The second-order valence-corrected chi connectivity index (χ2v) is 8.96. The summed E-state index contributed by atoms with van der Waals surface area (Å²) in [6, 6.07) is 6.20. The number of nitrogens with zero attached hydrogens (tertiary/aromatic N) is 1. The van der Waals surface area contributed by atoms with E-state index in [1.807, 2.05) is 0 Å². The van der Waals surface area contributed by atoms with Gasteiger partial charge in [0.05, 0.1) is 6.04 Å². The first-order valence-electron chi connectivity index (χ1n) is 8.16. The monoisotopic (exact) mass is 371 g/mol. The van der Waals surface area contributed by atoms with E-state index >= 15 is 0 Å². The number of hydrogen-bond donors (Lipinski definition) is 0. The molecule has 140 valence electrons. The van der Waals surface area contributed by atoms with E-state index in [-0.39, 0.29) is 0 Å². The lowest BCUT2D eigenvalue weighted by Gasteiger charge is -2.34. The van der Waals surface area contributed by atoms with E-state index < -0.39 is 47.0 Å². The van der Waals surface area contributed by atoms with Crippen molar-refractivity contribution in [3.05, 3.63) is 29.8 Å². The van der Waals surface area contributed by atoms with Gasteiger partial charge in [0.25, 0.3) is 0 Å². The predicted octanol–water partition coefficient (Wildman–Crippen LogP) is 3.81. The number of amides is 1. The zero-order valence-electron chi connectivity index (χ0n) is 15.5. The zero-order chi connectivity index (χ0) is 19.0. The van der Waals surface area contributed by atoms with Crippen molar-refractivity contribution in [2.45, 2.75) is 63.0 Å². The van der Waals surface area contributed by atoms with Gasteiger partial charge in [0.15, 0.2) is 0 Å². The highest BCUT2D eigenvalue weighted by Crippen LogP contribution is 2.42.